The quantitative estimate of drug-likeness (QED) is 0.815. The number of hydrogen-bond acceptors (Lipinski definition) is 5. The van der Waals surface area contributed by atoms with Crippen LogP contribution in [-0.2, 0) is 9.53 Å². The number of benzene rings is 1. The highest BCUT2D eigenvalue weighted by Crippen LogP contribution is 2.20. The normalized spacial score (nSPS) is 12.6. The Kier molecular flexibility index (Phi) is 3.39. The van der Waals surface area contributed by atoms with Gasteiger partial charge in [0.05, 0.1) is 6.61 Å². The lowest BCUT2D eigenvalue weighted by molar-refractivity contribution is -0.145. The van der Waals surface area contributed by atoms with Crippen LogP contribution < -0.4 is 5.32 Å². The Morgan fingerprint density at radius 3 is 3.12 bits per heavy atom. The number of likely N-dealkylation sites (N-methyl/N-ethyl adjacent to an activating group) is 1. The molecular formula is C12H14N2O3. The molecule has 1 N–H and O–H groups in total. The van der Waals surface area contributed by atoms with Crippen molar-refractivity contribution in [2.45, 2.75) is 13.0 Å². The maximum Gasteiger partial charge on any atom is 0.327 e. The Balaban J connectivity index is 2.32. The first-order valence-corrected chi connectivity index (χ1v) is 5.43. The van der Waals surface area contributed by atoms with Crippen molar-refractivity contribution in [2.24, 2.45) is 0 Å². The van der Waals surface area contributed by atoms with Gasteiger partial charge in [-0.05, 0) is 31.7 Å². The van der Waals surface area contributed by atoms with Crippen molar-refractivity contribution in [2.75, 3.05) is 13.7 Å². The molecule has 1 atom stereocenters. The average Bonchev–Trinajstić information content (AvgIpc) is 2.77. The summed E-state index contributed by atoms with van der Waals surface area (Å²) >= 11 is 0. The minimum absolute atomic E-state index is 0.297. The lowest BCUT2D eigenvalue weighted by Crippen LogP contribution is -2.27. The third kappa shape index (κ3) is 2.29. The summed E-state index contributed by atoms with van der Waals surface area (Å²) in [6.45, 7) is 2.14. The lowest BCUT2D eigenvalue weighted by Gasteiger charge is -2.14. The van der Waals surface area contributed by atoms with Crippen molar-refractivity contribution in [3.63, 3.8) is 0 Å². The molecule has 5 heteroatoms. The number of nitrogens with one attached hydrogen (secondary N) is 1. The van der Waals surface area contributed by atoms with Gasteiger partial charge < -0.3 is 14.5 Å². The van der Waals surface area contributed by atoms with Crippen LogP contribution in [0.5, 0.6) is 0 Å². The zero-order valence-electron chi connectivity index (χ0n) is 9.77. The van der Waals surface area contributed by atoms with E-state index in [0.29, 0.717) is 12.2 Å². The number of hydrogen-bond donors (Lipinski definition) is 1. The standard InChI is InChI=1S/C12H14N2O3/c1-3-16-12(15)11(13-2)8-4-5-9-10(6-8)17-7-14-9/h4-7,11,13H,3H2,1-2H3. The van der Waals surface area contributed by atoms with E-state index < -0.39 is 6.04 Å². The molecule has 0 radical (unpaired) electrons. The second-order valence-electron chi connectivity index (χ2n) is 3.55. The second kappa shape index (κ2) is 4.97. The van der Waals surface area contributed by atoms with Gasteiger partial charge in [0.1, 0.15) is 11.6 Å². The molecule has 1 unspecified atom stereocenters. The highest BCUT2D eigenvalue weighted by molar-refractivity contribution is 5.80. The zero-order chi connectivity index (χ0) is 12.3. The third-order valence-corrected chi connectivity index (χ3v) is 2.50. The van der Waals surface area contributed by atoms with E-state index in [1.165, 1.54) is 6.39 Å². The Bertz CT molecular complexity index is 521. The van der Waals surface area contributed by atoms with Gasteiger partial charge >= 0.3 is 5.97 Å². The first kappa shape index (κ1) is 11.6. The number of carbonyl (C=O) groups is 1. The van der Waals surface area contributed by atoms with Gasteiger partial charge in [0.15, 0.2) is 12.0 Å². The summed E-state index contributed by atoms with van der Waals surface area (Å²) in [6, 6.07) is 4.96. The number of rotatable bonds is 4. The molecule has 90 valence electrons. The number of oxazole rings is 1. The number of nitrogens with zero attached hydrogens (tertiary/aromatic N) is 1. The van der Waals surface area contributed by atoms with E-state index in [1.54, 1.807) is 20.0 Å². The van der Waals surface area contributed by atoms with E-state index in [4.69, 9.17) is 9.15 Å². The smallest absolute Gasteiger partial charge is 0.327 e. The lowest BCUT2D eigenvalue weighted by atomic mass is 10.1. The summed E-state index contributed by atoms with van der Waals surface area (Å²) in [4.78, 5) is 15.7. The molecule has 0 bridgehead atoms. The predicted octanol–water partition coefficient (Wildman–Crippen LogP) is 1.65. The molecule has 0 aliphatic carbocycles. The van der Waals surface area contributed by atoms with Crippen LogP contribution in [0.4, 0.5) is 0 Å². The largest absolute Gasteiger partial charge is 0.465 e. The maximum absolute atomic E-state index is 11.7. The van der Waals surface area contributed by atoms with Crippen LogP contribution in [0.15, 0.2) is 29.0 Å². The van der Waals surface area contributed by atoms with Crippen molar-refractivity contribution in [3.8, 4) is 0 Å². The predicted molar refractivity (Wildman–Crippen MR) is 62.4 cm³/mol. The Hall–Kier alpha value is -1.88. The van der Waals surface area contributed by atoms with E-state index in [1.807, 2.05) is 12.1 Å². The average molecular weight is 234 g/mol. The van der Waals surface area contributed by atoms with Crippen molar-refractivity contribution in [1.82, 2.24) is 10.3 Å². The molecule has 0 spiro atoms. The minimum atomic E-state index is -0.482. The van der Waals surface area contributed by atoms with Gasteiger partial charge in [0, 0.05) is 0 Å². The molecule has 1 aromatic carbocycles. The SMILES string of the molecule is CCOC(=O)C(NC)c1ccc2ncoc2c1. The molecule has 0 aliphatic rings. The summed E-state index contributed by atoms with van der Waals surface area (Å²) in [6.07, 6.45) is 1.38. The molecule has 1 heterocycles. The van der Waals surface area contributed by atoms with Crippen LogP contribution in [0.2, 0.25) is 0 Å². The van der Waals surface area contributed by atoms with Gasteiger partial charge in [-0.1, -0.05) is 6.07 Å². The fourth-order valence-corrected chi connectivity index (χ4v) is 1.70. The number of esters is 1. The number of fused-ring (bicyclic) bond motifs is 1. The molecule has 0 saturated carbocycles. The van der Waals surface area contributed by atoms with Crippen molar-refractivity contribution in [3.05, 3.63) is 30.2 Å². The van der Waals surface area contributed by atoms with Gasteiger partial charge in [-0.2, -0.15) is 0 Å². The topological polar surface area (TPSA) is 64.4 Å². The highest BCUT2D eigenvalue weighted by Gasteiger charge is 2.20. The summed E-state index contributed by atoms with van der Waals surface area (Å²) in [5, 5.41) is 2.92. The zero-order valence-corrected chi connectivity index (χ0v) is 9.77. The molecule has 0 amide bonds. The van der Waals surface area contributed by atoms with Gasteiger partial charge in [-0.15, -0.1) is 0 Å². The molecule has 0 saturated heterocycles. The van der Waals surface area contributed by atoms with Gasteiger partial charge in [0.2, 0.25) is 0 Å². The number of carbonyl (C=O) groups excluding carboxylic acids is 1. The van der Waals surface area contributed by atoms with Crippen molar-refractivity contribution >= 4 is 17.1 Å². The first-order valence-electron chi connectivity index (χ1n) is 5.43. The molecule has 2 rings (SSSR count). The van der Waals surface area contributed by atoms with Crippen molar-refractivity contribution in [1.29, 1.82) is 0 Å². The van der Waals surface area contributed by atoms with Gasteiger partial charge in [-0.3, -0.25) is 0 Å². The van der Waals surface area contributed by atoms with E-state index >= 15 is 0 Å². The Morgan fingerprint density at radius 1 is 1.59 bits per heavy atom. The van der Waals surface area contributed by atoms with Crippen LogP contribution in [0.3, 0.4) is 0 Å². The summed E-state index contributed by atoms with van der Waals surface area (Å²) in [7, 11) is 1.71. The van der Waals surface area contributed by atoms with Gasteiger partial charge in [-0.25, -0.2) is 9.78 Å². The molecule has 0 aliphatic heterocycles. The van der Waals surface area contributed by atoms with Gasteiger partial charge in [0.25, 0.3) is 0 Å². The fourth-order valence-electron chi connectivity index (χ4n) is 1.70. The summed E-state index contributed by atoms with van der Waals surface area (Å²) < 4.78 is 10.2. The fraction of sp³-hybridized carbons (Fsp3) is 0.333. The Morgan fingerprint density at radius 2 is 2.41 bits per heavy atom. The minimum Gasteiger partial charge on any atom is -0.465 e. The number of aromatic nitrogens is 1. The molecule has 1 aromatic heterocycles. The van der Waals surface area contributed by atoms with Crippen LogP contribution in [0, 0.1) is 0 Å². The summed E-state index contributed by atoms with van der Waals surface area (Å²) in [5.74, 6) is -0.297. The van der Waals surface area contributed by atoms with Crippen molar-refractivity contribution < 1.29 is 13.9 Å². The first-order chi connectivity index (χ1) is 8.26. The monoisotopic (exact) mass is 234 g/mol. The number of ether oxygens (including phenoxy) is 1. The van der Waals surface area contributed by atoms with Crippen LogP contribution in [0.1, 0.15) is 18.5 Å². The van der Waals surface area contributed by atoms with E-state index in [-0.39, 0.29) is 5.97 Å². The highest BCUT2D eigenvalue weighted by atomic mass is 16.5. The molecule has 17 heavy (non-hydrogen) atoms. The van der Waals surface area contributed by atoms with E-state index in [2.05, 4.69) is 10.3 Å². The molecule has 0 fully saturated rings. The Labute approximate surface area is 98.8 Å². The maximum atomic E-state index is 11.7. The third-order valence-electron chi connectivity index (χ3n) is 2.50. The van der Waals surface area contributed by atoms with Crippen LogP contribution >= 0.6 is 0 Å². The molecule has 2 aromatic rings. The second-order valence-corrected chi connectivity index (χ2v) is 3.55. The molecular weight excluding hydrogens is 220 g/mol. The van der Waals surface area contributed by atoms with Crippen LogP contribution in [0.25, 0.3) is 11.1 Å². The summed E-state index contributed by atoms with van der Waals surface area (Å²) in [5.41, 5.74) is 2.23. The van der Waals surface area contributed by atoms with E-state index in [0.717, 1.165) is 11.1 Å². The van der Waals surface area contributed by atoms with E-state index in [9.17, 15) is 4.79 Å². The molecule has 5 nitrogen and oxygen atoms in total. The van der Waals surface area contributed by atoms with Crippen LogP contribution in [-0.4, -0.2) is 24.6 Å².